The molecular weight excluding hydrogens is 234 g/mol. The van der Waals surface area contributed by atoms with E-state index in [9.17, 15) is 0 Å². The van der Waals surface area contributed by atoms with Crippen LogP contribution in [0.2, 0.25) is 0 Å². The number of nitrogens with two attached hydrogens (primary N) is 1. The zero-order valence-corrected chi connectivity index (χ0v) is 12.6. The maximum atomic E-state index is 6.24. The third kappa shape index (κ3) is 3.34. The molecule has 1 aliphatic heterocycles. The first-order chi connectivity index (χ1) is 8.89. The van der Waals surface area contributed by atoms with Gasteiger partial charge in [0.05, 0.1) is 0 Å². The first-order valence-corrected chi connectivity index (χ1v) is 7.29. The van der Waals surface area contributed by atoms with Crippen molar-refractivity contribution in [3.63, 3.8) is 0 Å². The molecule has 1 aromatic heterocycles. The van der Waals surface area contributed by atoms with E-state index in [4.69, 9.17) is 5.73 Å². The Kier molecular flexibility index (Phi) is 4.26. The molecule has 1 saturated heterocycles. The van der Waals surface area contributed by atoms with Gasteiger partial charge in [0.2, 0.25) is 0 Å². The molecule has 0 spiro atoms. The summed E-state index contributed by atoms with van der Waals surface area (Å²) in [4.78, 5) is 6.66. The molecule has 1 aliphatic rings. The van der Waals surface area contributed by atoms with Crippen LogP contribution in [0.5, 0.6) is 0 Å². The summed E-state index contributed by atoms with van der Waals surface area (Å²) < 4.78 is 0. The maximum absolute atomic E-state index is 6.24. The summed E-state index contributed by atoms with van der Waals surface area (Å²) >= 11 is 0. The van der Waals surface area contributed by atoms with Gasteiger partial charge in [-0.25, -0.2) is 0 Å². The van der Waals surface area contributed by atoms with Gasteiger partial charge in [0.15, 0.2) is 0 Å². The van der Waals surface area contributed by atoms with Gasteiger partial charge in [-0.2, -0.15) is 0 Å². The van der Waals surface area contributed by atoms with Crippen LogP contribution in [0.4, 0.5) is 0 Å². The van der Waals surface area contributed by atoms with Crippen LogP contribution in [0.1, 0.15) is 45.7 Å². The molecule has 2 N–H and O–H groups in total. The lowest BCUT2D eigenvalue weighted by Gasteiger charge is -2.33. The van der Waals surface area contributed by atoms with Crippen LogP contribution in [0.3, 0.4) is 0 Å². The molecule has 1 aromatic rings. The molecule has 1 fully saturated rings. The molecule has 3 nitrogen and oxygen atoms in total. The summed E-state index contributed by atoms with van der Waals surface area (Å²) in [7, 11) is 0. The van der Waals surface area contributed by atoms with Gasteiger partial charge in [-0.3, -0.25) is 9.88 Å². The van der Waals surface area contributed by atoms with Gasteiger partial charge < -0.3 is 5.73 Å². The first kappa shape index (κ1) is 14.5. The van der Waals surface area contributed by atoms with Crippen LogP contribution in [-0.2, 0) is 0 Å². The van der Waals surface area contributed by atoms with Gasteiger partial charge in [0.1, 0.15) is 0 Å². The van der Waals surface area contributed by atoms with E-state index in [1.807, 2.05) is 12.4 Å². The Morgan fingerprint density at radius 2 is 1.95 bits per heavy atom. The molecule has 2 heterocycles. The molecular formula is C16H27N3. The molecule has 0 saturated carbocycles. The van der Waals surface area contributed by atoms with Crippen LogP contribution in [-0.4, -0.2) is 29.0 Å². The second-order valence-corrected chi connectivity index (χ2v) is 6.93. The topological polar surface area (TPSA) is 42.1 Å². The number of pyridine rings is 1. The first-order valence-electron chi connectivity index (χ1n) is 7.29. The van der Waals surface area contributed by atoms with Crippen molar-refractivity contribution in [3.8, 4) is 0 Å². The van der Waals surface area contributed by atoms with E-state index in [1.54, 1.807) is 0 Å². The third-order valence-electron chi connectivity index (χ3n) is 4.38. The van der Waals surface area contributed by atoms with Crippen LogP contribution in [0, 0.1) is 11.3 Å². The predicted molar refractivity (Wildman–Crippen MR) is 79.8 cm³/mol. The largest absolute Gasteiger partial charge is 0.326 e. The fraction of sp³-hybridized carbons (Fsp3) is 0.688. The fourth-order valence-corrected chi connectivity index (χ4v) is 3.15. The highest BCUT2D eigenvalue weighted by molar-refractivity contribution is 5.17. The Morgan fingerprint density at radius 1 is 1.32 bits per heavy atom. The average Bonchev–Trinajstić information content (AvgIpc) is 2.79. The number of nitrogens with zero attached hydrogens (tertiary/aromatic N) is 2. The summed E-state index contributed by atoms with van der Waals surface area (Å²) in [6.07, 6.45) is 5.00. The quantitative estimate of drug-likeness (QED) is 0.909. The molecule has 0 radical (unpaired) electrons. The van der Waals surface area contributed by atoms with Crippen molar-refractivity contribution in [1.29, 1.82) is 0 Å². The minimum Gasteiger partial charge on any atom is -0.326 e. The second-order valence-electron chi connectivity index (χ2n) is 6.93. The van der Waals surface area contributed by atoms with Crippen molar-refractivity contribution in [2.45, 2.75) is 46.2 Å². The molecule has 3 heteroatoms. The number of hydrogen-bond donors (Lipinski definition) is 1. The summed E-state index contributed by atoms with van der Waals surface area (Å²) in [6, 6.07) is 4.65. The Labute approximate surface area is 117 Å². The highest BCUT2D eigenvalue weighted by atomic mass is 15.2. The number of hydrogen-bond acceptors (Lipinski definition) is 3. The van der Waals surface area contributed by atoms with Crippen LogP contribution in [0.25, 0.3) is 0 Å². The Morgan fingerprint density at radius 3 is 2.42 bits per heavy atom. The van der Waals surface area contributed by atoms with Crippen LogP contribution >= 0.6 is 0 Å². The normalized spacial score (nSPS) is 24.4. The molecule has 0 aliphatic carbocycles. The second kappa shape index (κ2) is 5.59. The highest BCUT2D eigenvalue weighted by Gasteiger charge is 2.36. The monoisotopic (exact) mass is 261 g/mol. The van der Waals surface area contributed by atoms with Crippen molar-refractivity contribution in [2.24, 2.45) is 17.1 Å². The van der Waals surface area contributed by atoms with Gasteiger partial charge in [0, 0.05) is 31.0 Å². The van der Waals surface area contributed by atoms with Gasteiger partial charge in [0.25, 0.3) is 0 Å². The van der Waals surface area contributed by atoms with Crippen molar-refractivity contribution in [3.05, 3.63) is 30.1 Å². The van der Waals surface area contributed by atoms with Gasteiger partial charge in [-0.1, -0.05) is 20.8 Å². The Balaban J connectivity index is 2.15. The minimum absolute atomic E-state index is 0.140. The van der Waals surface area contributed by atoms with E-state index in [1.165, 1.54) is 12.0 Å². The molecule has 3 unspecified atom stereocenters. The van der Waals surface area contributed by atoms with Crippen molar-refractivity contribution >= 4 is 0 Å². The van der Waals surface area contributed by atoms with E-state index in [-0.39, 0.29) is 6.04 Å². The molecule has 106 valence electrons. The lowest BCUT2D eigenvalue weighted by molar-refractivity contribution is 0.180. The van der Waals surface area contributed by atoms with E-state index in [0.29, 0.717) is 11.5 Å². The molecule has 0 aromatic carbocycles. The smallest absolute Gasteiger partial charge is 0.0497 e. The lowest BCUT2D eigenvalue weighted by atomic mass is 9.80. The molecule has 19 heavy (non-hydrogen) atoms. The van der Waals surface area contributed by atoms with Gasteiger partial charge in [-0.05, 0) is 48.9 Å². The summed E-state index contributed by atoms with van der Waals surface area (Å²) in [6.45, 7) is 11.4. The molecule has 0 bridgehead atoms. The van der Waals surface area contributed by atoms with E-state index < -0.39 is 0 Å². The summed E-state index contributed by atoms with van der Waals surface area (Å²) in [5.74, 6) is 0.760. The zero-order chi connectivity index (χ0) is 14.0. The number of rotatable bonds is 3. The van der Waals surface area contributed by atoms with E-state index >= 15 is 0 Å². The minimum atomic E-state index is 0.140. The Bertz CT molecular complexity index is 394. The van der Waals surface area contributed by atoms with E-state index in [0.717, 1.165) is 19.0 Å². The van der Waals surface area contributed by atoms with Crippen LogP contribution < -0.4 is 5.73 Å². The summed E-state index contributed by atoms with van der Waals surface area (Å²) in [5, 5.41) is 0. The van der Waals surface area contributed by atoms with Gasteiger partial charge >= 0.3 is 0 Å². The SMILES string of the molecule is CC(N)C(c1ccncc1)N1CCC(C(C)(C)C)C1. The van der Waals surface area contributed by atoms with Crippen LogP contribution in [0.15, 0.2) is 24.5 Å². The van der Waals surface area contributed by atoms with Crippen molar-refractivity contribution in [1.82, 2.24) is 9.88 Å². The summed E-state index contributed by atoms with van der Waals surface area (Å²) in [5.41, 5.74) is 7.92. The van der Waals surface area contributed by atoms with Crippen molar-refractivity contribution < 1.29 is 0 Å². The standard InChI is InChI=1S/C16H27N3/c1-12(17)15(13-5-8-18-9-6-13)19-10-7-14(11-19)16(2,3)4/h5-6,8-9,12,14-15H,7,10-11,17H2,1-4H3. The fourth-order valence-electron chi connectivity index (χ4n) is 3.15. The average molecular weight is 261 g/mol. The number of likely N-dealkylation sites (tertiary alicyclic amines) is 1. The highest BCUT2D eigenvalue weighted by Crippen LogP contribution is 2.37. The van der Waals surface area contributed by atoms with Gasteiger partial charge in [-0.15, -0.1) is 0 Å². The number of aromatic nitrogens is 1. The zero-order valence-electron chi connectivity index (χ0n) is 12.6. The molecule has 0 amide bonds. The lowest BCUT2D eigenvalue weighted by Crippen LogP contribution is -2.39. The third-order valence-corrected chi connectivity index (χ3v) is 4.38. The molecule has 3 atom stereocenters. The predicted octanol–water partition coefficient (Wildman–Crippen LogP) is 2.84. The van der Waals surface area contributed by atoms with Crippen molar-refractivity contribution in [2.75, 3.05) is 13.1 Å². The van der Waals surface area contributed by atoms with E-state index in [2.05, 4.69) is 49.7 Å². The Hall–Kier alpha value is -0.930. The molecule has 2 rings (SSSR count). The maximum Gasteiger partial charge on any atom is 0.0497 e.